The molecule has 0 bridgehead atoms. The van der Waals surface area contributed by atoms with Gasteiger partial charge >= 0.3 is 0 Å². The molecule has 7 heteroatoms. The van der Waals surface area contributed by atoms with Gasteiger partial charge in [0.05, 0.1) is 12.8 Å². The first-order valence-electron chi connectivity index (χ1n) is 9.63. The van der Waals surface area contributed by atoms with Gasteiger partial charge in [0, 0.05) is 53.7 Å². The van der Waals surface area contributed by atoms with Crippen LogP contribution in [0.2, 0.25) is 0 Å². The Hall–Kier alpha value is -3.61. The van der Waals surface area contributed by atoms with Crippen molar-refractivity contribution >= 4 is 11.5 Å². The Balaban J connectivity index is 1.59. The normalized spacial score (nSPS) is 13.0. The smallest absolute Gasteiger partial charge is 0.175 e. The van der Waals surface area contributed by atoms with Crippen LogP contribution in [0.4, 0.5) is 11.5 Å². The topological polar surface area (TPSA) is 61.0 Å². The molecule has 146 valence electrons. The summed E-state index contributed by atoms with van der Waals surface area (Å²) in [7, 11) is 1.71. The van der Waals surface area contributed by atoms with E-state index >= 15 is 0 Å². The SMILES string of the molecule is COc1cccc(N2CCc3c(-n4ccc(-n5cccn5)n4)cc(C)nc32)c1C. The van der Waals surface area contributed by atoms with Crippen molar-refractivity contribution in [3.8, 4) is 17.3 Å². The standard InChI is InChI=1S/C22H22N6O/c1-15-14-19(27-13-9-21(25-27)28-11-5-10-23-28)17-8-12-26(22(17)24-15)18-6-4-7-20(29-3)16(18)2/h4-7,9-11,13-14H,8,12H2,1-3H3. The van der Waals surface area contributed by atoms with Gasteiger partial charge in [0.25, 0.3) is 0 Å². The van der Waals surface area contributed by atoms with Crippen LogP contribution in [0.25, 0.3) is 11.5 Å². The zero-order valence-electron chi connectivity index (χ0n) is 16.7. The van der Waals surface area contributed by atoms with E-state index in [1.54, 1.807) is 18.0 Å². The lowest BCUT2D eigenvalue weighted by atomic mass is 10.1. The van der Waals surface area contributed by atoms with Crippen molar-refractivity contribution in [2.75, 3.05) is 18.6 Å². The van der Waals surface area contributed by atoms with E-state index in [1.165, 1.54) is 5.56 Å². The van der Waals surface area contributed by atoms with Crippen molar-refractivity contribution in [2.45, 2.75) is 20.3 Å². The predicted molar refractivity (Wildman–Crippen MR) is 112 cm³/mol. The Labute approximate surface area is 169 Å². The van der Waals surface area contributed by atoms with E-state index < -0.39 is 0 Å². The van der Waals surface area contributed by atoms with Crippen LogP contribution in [-0.4, -0.2) is 38.2 Å². The van der Waals surface area contributed by atoms with Crippen molar-refractivity contribution in [1.82, 2.24) is 24.5 Å². The number of aromatic nitrogens is 5. The number of hydrogen-bond donors (Lipinski definition) is 0. The maximum Gasteiger partial charge on any atom is 0.175 e. The second-order valence-electron chi connectivity index (χ2n) is 7.16. The van der Waals surface area contributed by atoms with E-state index in [2.05, 4.69) is 29.1 Å². The number of ether oxygens (including phenoxy) is 1. The lowest BCUT2D eigenvalue weighted by molar-refractivity contribution is 0.412. The molecule has 3 aromatic heterocycles. The highest BCUT2D eigenvalue weighted by Crippen LogP contribution is 2.39. The van der Waals surface area contributed by atoms with Crippen LogP contribution in [0.1, 0.15) is 16.8 Å². The highest BCUT2D eigenvalue weighted by molar-refractivity contribution is 5.74. The lowest BCUT2D eigenvalue weighted by Gasteiger charge is -2.22. The minimum absolute atomic E-state index is 0.789. The Bertz CT molecular complexity index is 1180. The summed E-state index contributed by atoms with van der Waals surface area (Å²) in [6.07, 6.45) is 6.53. The number of fused-ring (bicyclic) bond motifs is 1. The summed E-state index contributed by atoms with van der Waals surface area (Å²) in [5.74, 6) is 2.67. The van der Waals surface area contributed by atoms with Gasteiger partial charge in [-0.2, -0.15) is 5.10 Å². The third-order valence-corrected chi connectivity index (χ3v) is 5.38. The van der Waals surface area contributed by atoms with Crippen LogP contribution in [0.3, 0.4) is 0 Å². The van der Waals surface area contributed by atoms with Crippen LogP contribution in [0.15, 0.2) is 55.0 Å². The Morgan fingerprint density at radius 2 is 1.90 bits per heavy atom. The minimum Gasteiger partial charge on any atom is -0.496 e. The van der Waals surface area contributed by atoms with Gasteiger partial charge in [-0.05, 0) is 44.5 Å². The number of benzene rings is 1. The van der Waals surface area contributed by atoms with E-state index in [-0.39, 0.29) is 0 Å². The van der Waals surface area contributed by atoms with E-state index in [0.29, 0.717) is 0 Å². The number of pyridine rings is 1. The van der Waals surface area contributed by atoms with E-state index in [0.717, 1.165) is 53.0 Å². The van der Waals surface area contributed by atoms with Crippen LogP contribution in [0, 0.1) is 13.8 Å². The van der Waals surface area contributed by atoms with Gasteiger partial charge in [-0.15, -0.1) is 5.10 Å². The summed E-state index contributed by atoms with van der Waals surface area (Å²) in [6.45, 7) is 4.99. The van der Waals surface area contributed by atoms with Gasteiger partial charge < -0.3 is 9.64 Å². The Morgan fingerprint density at radius 3 is 2.69 bits per heavy atom. The number of nitrogens with zero attached hydrogens (tertiary/aromatic N) is 6. The zero-order chi connectivity index (χ0) is 20.0. The quantitative estimate of drug-likeness (QED) is 0.534. The van der Waals surface area contributed by atoms with Crippen molar-refractivity contribution in [2.24, 2.45) is 0 Å². The molecule has 29 heavy (non-hydrogen) atoms. The third-order valence-electron chi connectivity index (χ3n) is 5.38. The van der Waals surface area contributed by atoms with Crippen LogP contribution >= 0.6 is 0 Å². The van der Waals surface area contributed by atoms with E-state index in [1.807, 2.05) is 48.3 Å². The van der Waals surface area contributed by atoms with Gasteiger partial charge in [-0.1, -0.05) is 6.07 Å². The molecule has 5 rings (SSSR count). The molecule has 1 aliphatic rings. The molecular weight excluding hydrogens is 364 g/mol. The summed E-state index contributed by atoms with van der Waals surface area (Å²) in [6, 6.07) is 12.1. The average Bonchev–Trinajstić information content (AvgIpc) is 3.47. The van der Waals surface area contributed by atoms with Crippen molar-refractivity contribution in [3.63, 3.8) is 0 Å². The molecule has 0 saturated carbocycles. The number of aryl methyl sites for hydroxylation is 1. The van der Waals surface area contributed by atoms with Gasteiger partial charge in [0.15, 0.2) is 5.82 Å². The number of rotatable bonds is 4. The molecule has 4 heterocycles. The second-order valence-corrected chi connectivity index (χ2v) is 7.16. The number of anilines is 2. The predicted octanol–water partition coefficient (Wildman–Crippen LogP) is 3.77. The monoisotopic (exact) mass is 386 g/mol. The van der Waals surface area contributed by atoms with Gasteiger partial charge in [-0.25, -0.2) is 14.3 Å². The molecule has 0 unspecified atom stereocenters. The summed E-state index contributed by atoms with van der Waals surface area (Å²) in [4.78, 5) is 7.16. The molecule has 4 aromatic rings. The average molecular weight is 386 g/mol. The Kier molecular flexibility index (Phi) is 4.08. The summed E-state index contributed by atoms with van der Waals surface area (Å²) in [5, 5.41) is 9.00. The largest absolute Gasteiger partial charge is 0.496 e. The second kappa shape index (κ2) is 6.77. The first-order valence-corrected chi connectivity index (χ1v) is 9.63. The van der Waals surface area contributed by atoms with Crippen LogP contribution in [0.5, 0.6) is 5.75 Å². The molecule has 0 aliphatic carbocycles. The fourth-order valence-corrected chi connectivity index (χ4v) is 3.99. The summed E-state index contributed by atoms with van der Waals surface area (Å²) < 4.78 is 9.20. The highest BCUT2D eigenvalue weighted by Gasteiger charge is 2.27. The van der Waals surface area contributed by atoms with E-state index in [9.17, 15) is 0 Å². The molecule has 1 aromatic carbocycles. The fourth-order valence-electron chi connectivity index (χ4n) is 3.99. The number of methoxy groups -OCH3 is 1. The molecule has 0 amide bonds. The summed E-state index contributed by atoms with van der Waals surface area (Å²) in [5.41, 5.74) is 5.47. The molecule has 7 nitrogen and oxygen atoms in total. The zero-order valence-corrected chi connectivity index (χ0v) is 16.7. The molecule has 0 saturated heterocycles. The molecule has 0 N–H and O–H groups in total. The minimum atomic E-state index is 0.789. The molecule has 0 fully saturated rings. The summed E-state index contributed by atoms with van der Waals surface area (Å²) >= 11 is 0. The van der Waals surface area contributed by atoms with Gasteiger partial charge in [0.1, 0.15) is 11.6 Å². The molecule has 1 aliphatic heterocycles. The molecular formula is C22H22N6O. The van der Waals surface area contributed by atoms with Gasteiger partial charge in [-0.3, -0.25) is 0 Å². The highest BCUT2D eigenvalue weighted by atomic mass is 16.5. The fraction of sp³-hybridized carbons (Fsp3) is 0.227. The number of hydrogen-bond acceptors (Lipinski definition) is 5. The van der Waals surface area contributed by atoms with Gasteiger partial charge in [0.2, 0.25) is 0 Å². The van der Waals surface area contributed by atoms with E-state index in [4.69, 9.17) is 14.8 Å². The molecule has 0 atom stereocenters. The third kappa shape index (κ3) is 2.86. The molecule has 0 spiro atoms. The van der Waals surface area contributed by atoms with Crippen LogP contribution in [-0.2, 0) is 6.42 Å². The van der Waals surface area contributed by atoms with Crippen LogP contribution < -0.4 is 9.64 Å². The maximum atomic E-state index is 5.52. The Morgan fingerprint density at radius 1 is 1.00 bits per heavy atom. The lowest BCUT2D eigenvalue weighted by Crippen LogP contribution is -2.16. The first kappa shape index (κ1) is 17.5. The van der Waals surface area contributed by atoms with Crippen molar-refractivity contribution in [1.29, 1.82) is 0 Å². The molecule has 0 radical (unpaired) electrons. The van der Waals surface area contributed by atoms with Crippen molar-refractivity contribution in [3.05, 3.63) is 71.8 Å². The van der Waals surface area contributed by atoms with Crippen molar-refractivity contribution < 1.29 is 4.74 Å². The first-order chi connectivity index (χ1) is 14.2. The maximum absolute atomic E-state index is 5.52.